The van der Waals surface area contributed by atoms with Crippen LogP contribution in [-0.4, -0.2) is 19.1 Å². The van der Waals surface area contributed by atoms with Gasteiger partial charge in [0.2, 0.25) is 0 Å². The maximum Gasteiger partial charge on any atom is 0.338 e. The Morgan fingerprint density at radius 2 is 1.86 bits per heavy atom. The van der Waals surface area contributed by atoms with Crippen LogP contribution >= 0.6 is 0 Å². The molecule has 1 aromatic carbocycles. The van der Waals surface area contributed by atoms with E-state index in [9.17, 15) is 4.79 Å². The van der Waals surface area contributed by atoms with E-state index in [0.29, 0.717) is 35.6 Å². The van der Waals surface area contributed by atoms with Gasteiger partial charge in [0.1, 0.15) is 0 Å². The molecule has 0 saturated heterocycles. The van der Waals surface area contributed by atoms with Gasteiger partial charge in [0, 0.05) is 6.54 Å². The van der Waals surface area contributed by atoms with E-state index in [1.807, 2.05) is 6.07 Å². The smallest absolute Gasteiger partial charge is 0.338 e. The molecule has 4 heteroatoms. The topological polar surface area (TPSA) is 64.3 Å². The van der Waals surface area contributed by atoms with Crippen molar-refractivity contribution >= 4 is 17.3 Å². The van der Waals surface area contributed by atoms with Crippen molar-refractivity contribution in [3.8, 4) is 0 Å². The molecular weight excluding hydrogens is 264 g/mol. The molecule has 0 aliphatic rings. The quantitative estimate of drug-likeness (QED) is 0.593. The average Bonchev–Trinajstić information content (AvgIpc) is 2.40. The maximum absolute atomic E-state index is 11.7. The number of nitrogens with one attached hydrogen (secondary N) is 1. The third kappa shape index (κ3) is 4.96. The summed E-state index contributed by atoms with van der Waals surface area (Å²) in [5.41, 5.74) is 7.96. The highest BCUT2D eigenvalue weighted by molar-refractivity contribution is 5.91. The number of nitrogen functional groups attached to an aromatic ring is 1. The molecule has 4 nitrogen and oxygen atoms in total. The van der Waals surface area contributed by atoms with Gasteiger partial charge in [-0.15, -0.1) is 0 Å². The van der Waals surface area contributed by atoms with Crippen LogP contribution < -0.4 is 11.1 Å². The van der Waals surface area contributed by atoms with Crippen molar-refractivity contribution in [2.75, 3.05) is 24.2 Å². The molecular formula is C17H28N2O2. The van der Waals surface area contributed by atoms with Gasteiger partial charge in [-0.25, -0.2) is 4.79 Å². The van der Waals surface area contributed by atoms with Crippen molar-refractivity contribution in [3.63, 3.8) is 0 Å². The van der Waals surface area contributed by atoms with E-state index in [-0.39, 0.29) is 5.97 Å². The highest BCUT2D eigenvalue weighted by atomic mass is 16.5. The third-order valence-electron chi connectivity index (χ3n) is 3.80. The van der Waals surface area contributed by atoms with E-state index in [1.165, 1.54) is 0 Å². The van der Waals surface area contributed by atoms with E-state index < -0.39 is 0 Å². The summed E-state index contributed by atoms with van der Waals surface area (Å²) in [4.78, 5) is 11.7. The van der Waals surface area contributed by atoms with Crippen LogP contribution in [0.1, 0.15) is 45.0 Å². The normalized spacial score (nSPS) is 11.2. The molecule has 0 spiro atoms. The second kappa shape index (κ2) is 7.91. The Morgan fingerprint density at radius 1 is 1.24 bits per heavy atom. The van der Waals surface area contributed by atoms with E-state index in [2.05, 4.69) is 33.0 Å². The van der Waals surface area contributed by atoms with Gasteiger partial charge in [-0.05, 0) is 42.9 Å². The van der Waals surface area contributed by atoms with Crippen molar-refractivity contribution in [3.05, 3.63) is 23.8 Å². The minimum absolute atomic E-state index is 0.335. The number of esters is 1. The summed E-state index contributed by atoms with van der Waals surface area (Å²) < 4.78 is 4.97. The van der Waals surface area contributed by atoms with Crippen LogP contribution in [0.25, 0.3) is 0 Å². The number of rotatable bonds is 7. The van der Waals surface area contributed by atoms with Crippen molar-refractivity contribution in [1.29, 1.82) is 0 Å². The third-order valence-corrected chi connectivity index (χ3v) is 3.80. The highest BCUT2D eigenvalue weighted by Gasteiger charge is 2.17. The molecule has 1 rings (SSSR count). The zero-order chi connectivity index (χ0) is 16.0. The first-order valence-electron chi connectivity index (χ1n) is 7.67. The van der Waals surface area contributed by atoms with Crippen molar-refractivity contribution in [2.24, 2.45) is 17.8 Å². The molecule has 0 fully saturated rings. The number of benzene rings is 1. The van der Waals surface area contributed by atoms with Gasteiger partial charge >= 0.3 is 5.97 Å². The lowest BCUT2D eigenvalue weighted by Crippen LogP contribution is -2.24. The van der Waals surface area contributed by atoms with Crippen LogP contribution in [-0.2, 0) is 4.74 Å². The summed E-state index contributed by atoms with van der Waals surface area (Å²) in [6, 6.07) is 5.26. The highest BCUT2D eigenvalue weighted by Crippen LogP contribution is 2.24. The van der Waals surface area contributed by atoms with E-state index in [4.69, 9.17) is 10.5 Å². The van der Waals surface area contributed by atoms with Crippen LogP contribution in [0.15, 0.2) is 18.2 Å². The number of hydrogen-bond donors (Lipinski definition) is 2. The summed E-state index contributed by atoms with van der Waals surface area (Å²) in [7, 11) is 0. The lowest BCUT2D eigenvalue weighted by atomic mass is 9.85. The minimum atomic E-state index is -0.335. The molecule has 0 aliphatic heterocycles. The number of anilines is 2. The molecule has 0 atom stereocenters. The zero-order valence-electron chi connectivity index (χ0n) is 13.8. The van der Waals surface area contributed by atoms with Crippen LogP contribution in [0.5, 0.6) is 0 Å². The summed E-state index contributed by atoms with van der Waals surface area (Å²) >= 11 is 0. The molecule has 0 unspecified atom stereocenters. The molecule has 0 radical (unpaired) electrons. The van der Waals surface area contributed by atoms with Gasteiger partial charge in [-0.1, -0.05) is 27.7 Å². The molecule has 21 heavy (non-hydrogen) atoms. The van der Waals surface area contributed by atoms with Gasteiger partial charge in [0.15, 0.2) is 0 Å². The maximum atomic E-state index is 11.7. The second-order valence-electron chi connectivity index (χ2n) is 6.06. The lowest BCUT2D eigenvalue weighted by Gasteiger charge is -2.26. The van der Waals surface area contributed by atoms with Gasteiger partial charge in [-0.2, -0.15) is 0 Å². The molecule has 0 aromatic heterocycles. The molecule has 0 aliphatic carbocycles. The van der Waals surface area contributed by atoms with Crippen molar-refractivity contribution < 1.29 is 9.53 Å². The fraction of sp³-hybridized carbons (Fsp3) is 0.588. The SMILES string of the molecule is CCOC(=O)c1ccc(NCC(C(C)C)C(C)C)c(N)c1. The standard InChI is InChI=1S/C17H28N2O2/c1-6-21-17(20)13-7-8-16(15(18)9-13)19-10-14(11(2)3)12(4)5/h7-9,11-12,14,19H,6,10,18H2,1-5H3. The fourth-order valence-electron chi connectivity index (χ4n) is 2.53. The van der Waals surface area contributed by atoms with Crippen LogP contribution in [0, 0.1) is 17.8 Å². The van der Waals surface area contributed by atoms with Gasteiger partial charge in [0.25, 0.3) is 0 Å². The Hall–Kier alpha value is -1.71. The number of ether oxygens (including phenoxy) is 1. The first-order valence-corrected chi connectivity index (χ1v) is 7.67. The predicted molar refractivity (Wildman–Crippen MR) is 88.5 cm³/mol. The van der Waals surface area contributed by atoms with E-state index in [0.717, 1.165) is 12.2 Å². The molecule has 0 amide bonds. The number of carbonyl (C=O) groups is 1. The van der Waals surface area contributed by atoms with Gasteiger partial charge in [0.05, 0.1) is 23.5 Å². The second-order valence-corrected chi connectivity index (χ2v) is 6.06. The molecule has 118 valence electrons. The number of nitrogens with two attached hydrogens (primary N) is 1. The van der Waals surface area contributed by atoms with E-state index >= 15 is 0 Å². The van der Waals surface area contributed by atoms with Gasteiger partial charge < -0.3 is 15.8 Å². The average molecular weight is 292 g/mol. The Kier molecular flexibility index (Phi) is 6.53. The predicted octanol–water partition coefficient (Wildman–Crippen LogP) is 3.79. The summed E-state index contributed by atoms with van der Waals surface area (Å²) in [5.74, 6) is 1.46. The number of carbonyl (C=O) groups excluding carboxylic acids is 1. The first kappa shape index (κ1) is 17.3. The Labute approximate surface area is 128 Å². The van der Waals surface area contributed by atoms with Gasteiger partial charge in [-0.3, -0.25) is 0 Å². The van der Waals surface area contributed by atoms with Crippen molar-refractivity contribution in [1.82, 2.24) is 0 Å². The monoisotopic (exact) mass is 292 g/mol. The van der Waals surface area contributed by atoms with Crippen LogP contribution in [0.4, 0.5) is 11.4 Å². The summed E-state index contributed by atoms with van der Waals surface area (Å²) in [6.45, 7) is 12.0. The summed E-state index contributed by atoms with van der Waals surface area (Å²) in [6.07, 6.45) is 0. The largest absolute Gasteiger partial charge is 0.462 e. The lowest BCUT2D eigenvalue weighted by molar-refractivity contribution is 0.0526. The van der Waals surface area contributed by atoms with E-state index in [1.54, 1.807) is 19.1 Å². The summed E-state index contributed by atoms with van der Waals surface area (Å²) in [5, 5.41) is 3.40. The molecule has 0 bridgehead atoms. The number of hydrogen-bond acceptors (Lipinski definition) is 4. The molecule has 0 heterocycles. The molecule has 1 aromatic rings. The first-order chi connectivity index (χ1) is 9.86. The Morgan fingerprint density at radius 3 is 2.33 bits per heavy atom. The van der Waals surface area contributed by atoms with Crippen molar-refractivity contribution in [2.45, 2.75) is 34.6 Å². The molecule has 0 saturated carbocycles. The minimum Gasteiger partial charge on any atom is -0.462 e. The molecule has 3 N–H and O–H groups in total. The fourth-order valence-corrected chi connectivity index (χ4v) is 2.53. The zero-order valence-corrected chi connectivity index (χ0v) is 13.8. The Balaban J connectivity index is 2.75. The van der Waals surface area contributed by atoms with Crippen LogP contribution in [0.2, 0.25) is 0 Å². The Bertz CT molecular complexity index is 462. The van der Waals surface area contributed by atoms with Crippen LogP contribution in [0.3, 0.4) is 0 Å².